The van der Waals surface area contributed by atoms with Gasteiger partial charge in [0, 0.05) is 5.75 Å². The van der Waals surface area contributed by atoms with Gasteiger partial charge >= 0.3 is 0 Å². The summed E-state index contributed by atoms with van der Waals surface area (Å²) in [5.74, 6) is 0.946. The quantitative estimate of drug-likeness (QED) is 0.573. The molecule has 6 heteroatoms. The monoisotopic (exact) mass is 250 g/mol. The highest BCUT2D eigenvalue weighted by atomic mass is 32.2. The molecule has 0 spiro atoms. The fourth-order valence-electron chi connectivity index (χ4n) is 0.751. The number of nitrogens with zero attached hydrogens (tertiary/aromatic N) is 2. The second kappa shape index (κ2) is 6.66. The Morgan fingerprint density at radius 2 is 2.07 bits per heavy atom. The average molecular weight is 250 g/mol. The average Bonchev–Trinajstić information content (AvgIpc) is 2.60. The van der Waals surface area contributed by atoms with Crippen LogP contribution >= 0.6 is 34.9 Å². The van der Waals surface area contributed by atoms with E-state index in [1.165, 1.54) is 0 Å². The van der Waals surface area contributed by atoms with Crippen molar-refractivity contribution in [2.24, 2.45) is 0 Å². The van der Waals surface area contributed by atoms with Gasteiger partial charge < -0.3 is 4.74 Å². The predicted octanol–water partition coefficient (Wildman–Crippen LogP) is 2.78. The summed E-state index contributed by atoms with van der Waals surface area (Å²) < 4.78 is 7.48. The number of hydrogen-bond acceptors (Lipinski definition) is 6. The standard InChI is InChI=1S/C8H14N2OS3/c1-6(2)11-4-5-13-8-10-9-7(12-3)14-8/h6H,4-5H2,1-3H3. The largest absolute Gasteiger partial charge is 0.378 e. The number of rotatable bonds is 6. The first-order valence-electron chi connectivity index (χ1n) is 4.34. The molecule has 1 rings (SSSR count). The molecule has 0 aliphatic rings. The third-order valence-electron chi connectivity index (χ3n) is 1.32. The van der Waals surface area contributed by atoms with Crippen LogP contribution in [0, 0.1) is 0 Å². The minimum atomic E-state index is 0.312. The fraction of sp³-hybridized carbons (Fsp3) is 0.750. The third kappa shape index (κ3) is 4.63. The molecule has 0 aliphatic heterocycles. The summed E-state index contributed by atoms with van der Waals surface area (Å²) in [4.78, 5) is 0. The topological polar surface area (TPSA) is 35.0 Å². The molecule has 0 saturated carbocycles. The van der Waals surface area contributed by atoms with Crippen molar-refractivity contribution in [2.45, 2.75) is 28.6 Å². The van der Waals surface area contributed by atoms with Gasteiger partial charge in [-0.25, -0.2) is 0 Å². The second-order valence-electron chi connectivity index (χ2n) is 2.81. The number of ether oxygens (including phenoxy) is 1. The Labute approximate surface area is 97.0 Å². The highest BCUT2D eigenvalue weighted by molar-refractivity contribution is 8.02. The normalized spacial score (nSPS) is 11.1. The lowest BCUT2D eigenvalue weighted by atomic mass is 10.5. The van der Waals surface area contributed by atoms with E-state index >= 15 is 0 Å². The van der Waals surface area contributed by atoms with Crippen molar-refractivity contribution < 1.29 is 4.74 Å². The Hall–Kier alpha value is 0.220. The van der Waals surface area contributed by atoms with Crippen molar-refractivity contribution in [2.75, 3.05) is 18.6 Å². The number of aromatic nitrogens is 2. The Kier molecular flexibility index (Phi) is 5.84. The van der Waals surface area contributed by atoms with Gasteiger partial charge in [0.25, 0.3) is 0 Å². The van der Waals surface area contributed by atoms with E-state index in [1.807, 2.05) is 20.1 Å². The van der Waals surface area contributed by atoms with Gasteiger partial charge in [0.05, 0.1) is 12.7 Å². The smallest absolute Gasteiger partial charge is 0.175 e. The van der Waals surface area contributed by atoms with Gasteiger partial charge in [-0.3, -0.25) is 0 Å². The molecule has 0 bridgehead atoms. The number of hydrogen-bond donors (Lipinski definition) is 0. The van der Waals surface area contributed by atoms with E-state index in [0.29, 0.717) is 6.10 Å². The minimum Gasteiger partial charge on any atom is -0.378 e. The van der Waals surface area contributed by atoms with E-state index in [2.05, 4.69) is 10.2 Å². The zero-order chi connectivity index (χ0) is 10.4. The van der Waals surface area contributed by atoms with Gasteiger partial charge in [0.2, 0.25) is 0 Å². The molecular weight excluding hydrogens is 236 g/mol. The highest BCUT2D eigenvalue weighted by Crippen LogP contribution is 2.26. The van der Waals surface area contributed by atoms with Gasteiger partial charge in [0.15, 0.2) is 8.68 Å². The Balaban J connectivity index is 2.18. The zero-order valence-electron chi connectivity index (χ0n) is 8.52. The van der Waals surface area contributed by atoms with Crippen LogP contribution < -0.4 is 0 Å². The van der Waals surface area contributed by atoms with E-state index in [9.17, 15) is 0 Å². The van der Waals surface area contributed by atoms with Crippen molar-refractivity contribution in [3.05, 3.63) is 0 Å². The maximum atomic E-state index is 5.43. The fourth-order valence-corrected chi connectivity index (χ4v) is 3.09. The lowest BCUT2D eigenvalue weighted by molar-refractivity contribution is 0.0920. The van der Waals surface area contributed by atoms with Crippen molar-refractivity contribution >= 4 is 34.9 Å². The molecule has 1 heterocycles. The first kappa shape index (κ1) is 12.3. The van der Waals surface area contributed by atoms with Crippen LogP contribution in [0.4, 0.5) is 0 Å². The minimum absolute atomic E-state index is 0.312. The van der Waals surface area contributed by atoms with Crippen LogP contribution in [0.1, 0.15) is 13.8 Å². The lowest BCUT2D eigenvalue weighted by Crippen LogP contribution is -2.05. The van der Waals surface area contributed by atoms with Crippen LogP contribution in [0.3, 0.4) is 0 Å². The summed E-state index contributed by atoms with van der Waals surface area (Å²) in [7, 11) is 0. The molecule has 0 N–H and O–H groups in total. The molecule has 0 atom stereocenters. The Morgan fingerprint density at radius 3 is 2.64 bits per heavy atom. The van der Waals surface area contributed by atoms with Crippen LogP contribution in [-0.2, 0) is 4.74 Å². The van der Waals surface area contributed by atoms with Crippen LogP contribution in [0.25, 0.3) is 0 Å². The Bertz CT molecular complexity index is 265. The van der Waals surface area contributed by atoms with Gasteiger partial charge in [-0.05, 0) is 20.1 Å². The molecule has 3 nitrogen and oxygen atoms in total. The molecule has 80 valence electrons. The van der Waals surface area contributed by atoms with Crippen LogP contribution in [0.5, 0.6) is 0 Å². The van der Waals surface area contributed by atoms with E-state index in [-0.39, 0.29) is 0 Å². The maximum Gasteiger partial charge on any atom is 0.175 e. The molecule has 0 aliphatic carbocycles. The molecule has 0 radical (unpaired) electrons. The summed E-state index contributed by atoms with van der Waals surface area (Å²) in [6, 6.07) is 0. The molecule has 0 saturated heterocycles. The zero-order valence-corrected chi connectivity index (χ0v) is 11.0. The van der Waals surface area contributed by atoms with E-state index < -0.39 is 0 Å². The maximum absolute atomic E-state index is 5.43. The molecule has 1 aromatic heterocycles. The van der Waals surface area contributed by atoms with Gasteiger partial charge in [-0.15, -0.1) is 10.2 Å². The van der Waals surface area contributed by atoms with Crippen LogP contribution in [0.2, 0.25) is 0 Å². The van der Waals surface area contributed by atoms with Crippen molar-refractivity contribution in [1.29, 1.82) is 0 Å². The highest BCUT2D eigenvalue weighted by Gasteiger charge is 2.03. The van der Waals surface area contributed by atoms with Crippen molar-refractivity contribution in [1.82, 2.24) is 10.2 Å². The van der Waals surface area contributed by atoms with E-state index in [0.717, 1.165) is 21.0 Å². The van der Waals surface area contributed by atoms with Crippen LogP contribution in [0.15, 0.2) is 8.68 Å². The third-order valence-corrected chi connectivity index (χ3v) is 4.32. The van der Waals surface area contributed by atoms with Crippen LogP contribution in [-0.4, -0.2) is 34.9 Å². The first-order valence-corrected chi connectivity index (χ1v) is 7.37. The molecule has 1 aromatic rings. The Morgan fingerprint density at radius 1 is 1.36 bits per heavy atom. The summed E-state index contributed by atoms with van der Waals surface area (Å²) in [6.45, 7) is 4.86. The molecule has 0 fully saturated rings. The summed E-state index contributed by atoms with van der Waals surface area (Å²) in [5.41, 5.74) is 0. The van der Waals surface area contributed by atoms with E-state index in [1.54, 1.807) is 34.9 Å². The molecule has 0 unspecified atom stereocenters. The van der Waals surface area contributed by atoms with Gasteiger partial charge in [0.1, 0.15) is 0 Å². The van der Waals surface area contributed by atoms with Crippen molar-refractivity contribution in [3.8, 4) is 0 Å². The molecular formula is C8H14N2OS3. The number of thioether (sulfide) groups is 2. The first-order chi connectivity index (χ1) is 6.72. The predicted molar refractivity (Wildman–Crippen MR) is 63.5 cm³/mol. The summed E-state index contributed by atoms with van der Waals surface area (Å²) in [6.07, 6.45) is 2.32. The molecule has 14 heavy (non-hydrogen) atoms. The van der Waals surface area contributed by atoms with E-state index in [4.69, 9.17) is 4.74 Å². The summed E-state index contributed by atoms with van der Waals surface area (Å²) >= 11 is 4.98. The van der Waals surface area contributed by atoms with Gasteiger partial charge in [-0.2, -0.15) is 0 Å². The summed E-state index contributed by atoms with van der Waals surface area (Å²) in [5, 5.41) is 8.08. The molecule has 0 aromatic carbocycles. The van der Waals surface area contributed by atoms with Crippen molar-refractivity contribution in [3.63, 3.8) is 0 Å². The van der Waals surface area contributed by atoms with Gasteiger partial charge in [-0.1, -0.05) is 34.9 Å². The molecule has 0 amide bonds. The SMILES string of the molecule is CSc1nnc(SCCOC(C)C)s1. The second-order valence-corrected chi connectivity index (χ2v) is 6.18. The lowest BCUT2D eigenvalue weighted by Gasteiger charge is -2.04.